The lowest BCUT2D eigenvalue weighted by Gasteiger charge is -2.21. The lowest BCUT2D eigenvalue weighted by Crippen LogP contribution is -2.05. The van der Waals surface area contributed by atoms with Gasteiger partial charge in [0.15, 0.2) is 0 Å². The third-order valence-corrected chi connectivity index (χ3v) is 3.94. The van der Waals surface area contributed by atoms with Crippen LogP contribution in [0.4, 0.5) is 0 Å². The Bertz CT molecular complexity index is 403. The molecule has 0 aliphatic heterocycles. The standard InChI is InChI=1S/C16H19Br/c1-2-6-16(13-7-4-3-5-8-13)14-9-11-15(17)12-10-14/h3-5,7-11,15-16H,2,6,12H2,1H3. The molecule has 1 aliphatic carbocycles. The minimum atomic E-state index is 0.518. The molecule has 0 amide bonds. The molecular weight excluding hydrogens is 272 g/mol. The van der Waals surface area contributed by atoms with Crippen molar-refractivity contribution in [1.29, 1.82) is 0 Å². The van der Waals surface area contributed by atoms with Crippen molar-refractivity contribution in [2.24, 2.45) is 0 Å². The summed E-state index contributed by atoms with van der Waals surface area (Å²) in [7, 11) is 0. The Labute approximate surface area is 113 Å². The summed E-state index contributed by atoms with van der Waals surface area (Å²) in [5.41, 5.74) is 2.92. The zero-order chi connectivity index (χ0) is 12.1. The summed E-state index contributed by atoms with van der Waals surface area (Å²) in [6, 6.07) is 10.9. The van der Waals surface area contributed by atoms with Crippen molar-refractivity contribution in [2.45, 2.75) is 36.9 Å². The molecule has 1 aliphatic rings. The van der Waals surface area contributed by atoms with Gasteiger partial charge in [-0.1, -0.05) is 77.8 Å². The highest BCUT2D eigenvalue weighted by Gasteiger charge is 2.16. The average molecular weight is 291 g/mol. The van der Waals surface area contributed by atoms with Gasteiger partial charge in [-0.05, 0) is 24.0 Å². The summed E-state index contributed by atoms with van der Waals surface area (Å²) in [6.45, 7) is 2.26. The van der Waals surface area contributed by atoms with E-state index in [9.17, 15) is 0 Å². The van der Waals surface area contributed by atoms with Gasteiger partial charge in [0.1, 0.15) is 0 Å². The van der Waals surface area contributed by atoms with Crippen LogP contribution in [0.1, 0.15) is 37.7 Å². The lowest BCUT2D eigenvalue weighted by molar-refractivity contribution is 0.691. The average Bonchev–Trinajstić information content (AvgIpc) is 2.38. The van der Waals surface area contributed by atoms with E-state index in [0.29, 0.717) is 10.7 Å². The normalized spacial score (nSPS) is 21.1. The smallest absolute Gasteiger partial charge is 0.0363 e. The summed E-state index contributed by atoms with van der Waals surface area (Å²) < 4.78 is 0. The molecule has 0 saturated heterocycles. The largest absolute Gasteiger partial charge is 0.0842 e. The summed E-state index contributed by atoms with van der Waals surface area (Å²) in [6.07, 6.45) is 10.5. The number of allylic oxidation sites excluding steroid dienone is 4. The van der Waals surface area contributed by atoms with Crippen LogP contribution in [0.25, 0.3) is 0 Å². The van der Waals surface area contributed by atoms with Crippen LogP contribution in [-0.4, -0.2) is 4.83 Å². The van der Waals surface area contributed by atoms with Gasteiger partial charge >= 0.3 is 0 Å². The highest BCUT2D eigenvalue weighted by molar-refractivity contribution is 9.09. The second-order valence-electron chi connectivity index (χ2n) is 4.57. The van der Waals surface area contributed by atoms with E-state index in [-0.39, 0.29) is 0 Å². The summed E-state index contributed by atoms with van der Waals surface area (Å²) in [5.74, 6) is 0.567. The summed E-state index contributed by atoms with van der Waals surface area (Å²) >= 11 is 3.63. The Morgan fingerprint density at radius 3 is 2.65 bits per heavy atom. The van der Waals surface area contributed by atoms with Gasteiger partial charge in [0.05, 0.1) is 0 Å². The molecule has 0 N–H and O–H groups in total. The van der Waals surface area contributed by atoms with E-state index in [1.54, 1.807) is 0 Å². The van der Waals surface area contributed by atoms with Gasteiger partial charge in [0.2, 0.25) is 0 Å². The maximum atomic E-state index is 3.63. The molecule has 0 saturated carbocycles. The van der Waals surface area contributed by atoms with Gasteiger partial charge in [0.25, 0.3) is 0 Å². The van der Waals surface area contributed by atoms with Crippen LogP contribution in [0.3, 0.4) is 0 Å². The van der Waals surface area contributed by atoms with Crippen LogP contribution in [0.5, 0.6) is 0 Å². The highest BCUT2D eigenvalue weighted by atomic mass is 79.9. The van der Waals surface area contributed by atoms with Crippen LogP contribution >= 0.6 is 15.9 Å². The van der Waals surface area contributed by atoms with E-state index in [0.717, 1.165) is 6.42 Å². The molecule has 0 radical (unpaired) electrons. The first-order valence-electron chi connectivity index (χ1n) is 6.38. The van der Waals surface area contributed by atoms with Gasteiger partial charge in [-0.2, -0.15) is 0 Å². The van der Waals surface area contributed by atoms with Crippen LogP contribution in [0.2, 0.25) is 0 Å². The summed E-state index contributed by atoms with van der Waals surface area (Å²) in [5, 5.41) is 0. The predicted octanol–water partition coefficient (Wildman–Crippen LogP) is 5.22. The van der Waals surface area contributed by atoms with Crippen molar-refractivity contribution < 1.29 is 0 Å². The Morgan fingerprint density at radius 1 is 1.29 bits per heavy atom. The number of halogens is 1. The van der Waals surface area contributed by atoms with Crippen molar-refractivity contribution in [3.8, 4) is 0 Å². The van der Waals surface area contributed by atoms with E-state index in [1.165, 1.54) is 24.0 Å². The number of hydrogen-bond donors (Lipinski definition) is 0. The molecule has 90 valence electrons. The molecule has 0 nitrogen and oxygen atoms in total. The zero-order valence-corrected chi connectivity index (χ0v) is 11.9. The molecule has 1 heteroatoms. The SMILES string of the molecule is CCCC(C1=CCC(Br)C=C1)c1ccccc1. The third-order valence-electron chi connectivity index (χ3n) is 3.26. The quantitative estimate of drug-likeness (QED) is 0.667. The van der Waals surface area contributed by atoms with Gasteiger partial charge in [0, 0.05) is 10.7 Å². The number of benzene rings is 1. The fourth-order valence-electron chi connectivity index (χ4n) is 2.37. The van der Waals surface area contributed by atoms with E-state index in [2.05, 4.69) is 71.4 Å². The molecule has 2 rings (SSSR count). The molecule has 1 aromatic carbocycles. The first kappa shape index (κ1) is 12.6. The maximum absolute atomic E-state index is 3.63. The topological polar surface area (TPSA) is 0 Å². The minimum absolute atomic E-state index is 0.518. The first-order chi connectivity index (χ1) is 8.31. The van der Waals surface area contributed by atoms with Crippen molar-refractivity contribution >= 4 is 15.9 Å². The Balaban J connectivity index is 2.21. The molecule has 1 aromatic rings. The van der Waals surface area contributed by atoms with E-state index in [1.807, 2.05) is 0 Å². The Morgan fingerprint density at radius 2 is 2.06 bits per heavy atom. The number of alkyl halides is 1. The molecule has 2 unspecified atom stereocenters. The second kappa shape index (κ2) is 6.20. The fraction of sp³-hybridized carbons (Fsp3) is 0.375. The minimum Gasteiger partial charge on any atom is -0.0842 e. The monoisotopic (exact) mass is 290 g/mol. The van der Waals surface area contributed by atoms with Crippen LogP contribution < -0.4 is 0 Å². The molecule has 0 heterocycles. The van der Waals surface area contributed by atoms with Crippen LogP contribution in [0, 0.1) is 0 Å². The third kappa shape index (κ3) is 3.32. The Kier molecular flexibility index (Phi) is 4.61. The van der Waals surface area contributed by atoms with Gasteiger partial charge < -0.3 is 0 Å². The predicted molar refractivity (Wildman–Crippen MR) is 78.6 cm³/mol. The van der Waals surface area contributed by atoms with Crippen LogP contribution in [0.15, 0.2) is 54.1 Å². The van der Waals surface area contributed by atoms with Gasteiger partial charge in [-0.15, -0.1) is 0 Å². The molecule has 0 aromatic heterocycles. The highest BCUT2D eigenvalue weighted by Crippen LogP contribution is 2.33. The van der Waals surface area contributed by atoms with Crippen LogP contribution in [-0.2, 0) is 0 Å². The van der Waals surface area contributed by atoms with E-state index in [4.69, 9.17) is 0 Å². The first-order valence-corrected chi connectivity index (χ1v) is 7.30. The van der Waals surface area contributed by atoms with Crippen molar-refractivity contribution in [3.05, 3.63) is 59.7 Å². The second-order valence-corrected chi connectivity index (χ2v) is 5.74. The Hall–Kier alpha value is -0.820. The molecular formula is C16H19Br. The lowest BCUT2D eigenvalue weighted by atomic mass is 9.85. The molecule has 17 heavy (non-hydrogen) atoms. The molecule has 2 atom stereocenters. The maximum Gasteiger partial charge on any atom is 0.0363 e. The number of hydrogen-bond acceptors (Lipinski definition) is 0. The van der Waals surface area contributed by atoms with E-state index >= 15 is 0 Å². The van der Waals surface area contributed by atoms with Crippen molar-refractivity contribution in [2.75, 3.05) is 0 Å². The number of rotatable bonds is 4. The summed E-state index contributed by atoms with van der Waals surface area (Å²) in [4.78, 5) is 0.518. The zero-order valence-electron chi connectivity index (χ0n) is 10.3. The molecule has 0 bridgehead atoms. The molecule has 0 fully saturated rings. The van der Waals surface area contributed by atoms with E-state index < -0.39 is 0 Å². The fourth-order valence-corrected chi connectivity index (χ4v) is 2.71. The van der Waals surface area contributed by atoms with Gasteiger partial charge in [-0.25, -0.2) is 0 Å². The van der Waals surface area contributed by atoms with Crippen molar-refractivity contribution in [3.63, 3.8) is 0 Å². The van der Waals surface area contributed by atoms with Gasteiger partial charge in [-0.3, -0.25) is 0 Å². The van der Waals surface area contributed by atoms with Crippen molar-refractivity contribution in [1.82, 2.24) is 0 Å². The molecule has 0 spiro atoms.